The van der Waals surface area contributed by atoms with Crippen LogP contribution in [0.2, 0.25) is 5.02 Å². The molecule has 0 saturated carbocycles. The Bertz CT molecular complexity index is 1950. The van der Waals surface area contributed by atoms with Gasteiger partial charge in [-0.15, -0.1) is 11.3 Å². The predicted octanol–water partition coefficient (Wildman–Crippen LogP) is 5.15. The molecule has 0 aliphatic carbocycles. The number of nitriles is 1. The molecule has 0 atom stereocenters. The lowest BCUT2D eigenvalue weighted by molar-refractivity contribution is 0.0342. The van der Waals surface area contributed by atoms with Crippen LogP contribution in [0.5, 0.6) is 11.5 Å². The van der Waals surface area contributed by atoms with Crippen molar-refractivity contribution >= 4 is 73.7 Å². The molecule has 0 spiro atoms. The summed E-state index contributed by atoms with van der Waals surface area (Å²) in [6, 6.07) is 12.7. The summed E-state index contributed by atoms with van der Waals surface area (Å²) in [6.07, 6.45) is 0. The van der Waals surface area contributed by atoms with Crippen LogP contribution in [-0.4, -0.2) is 81.2 Å². The van der Waals surface area contributed by atoms with E-state index in [1.165, 1.54) is 4.90 Å². The average Bonchev–Trinajstić information content (AvgIpc) is 3.72. The number of amides is 3. The Labute approximate surface area is 278 Å². The molecule has 2 N–H and O–H groups in total. The van der Waals surface area contributed by atoms with Crippen LogP contribution in [0, 0.1) is 11.3 Å². The molecule has 0 radical (unpaired) electrons. The van der Waals surface area contributed by atoms with Gasteiger partial charge in [-0.1, -0.05) is 23.7 Å². The van der Waals surface area contributed by atoms with Crippen LogP contribution >= 0.6 is 22.9 Å². The highest BCUT2D eigenvalue weighted by molar-refractivity contribution is 7.21. The molecule has 2 aromatic heterocycles. The number of benzene rings is 2. The second kappa shape index (κ2) is 12.2. The number of ether oxygens (including phenoxy) is 4. The topological polar surface area (TPSA) is 142 Å². The monoisotopic (exact) mass is 673 g/mol. The summed E-state index contributed by atoms with van der Waals surface area (Å²) in [5, 5.41) is 17.2. The van der Waals surface area contributed by atoms with Crippen molar-refractivity contribution in [2.24, 2.45) is 0 Å². The van der Waals surface area contributed by atoms with E-state index in [1.807, 2.05) is 29.2 Å². The van der Waals surface area contributed by atoms with Crippen molar-refractivity contribution in [3.8, 4) is 17.6 Å². The van der Waals surface area contributed by atoms with E-state index in [0.29, 0.717) is 53.8 Å². The molecular weight excluding hydrogens is 646 g/mol. The molecule has 4 aliphatic heterocycles. The quantitative estimate of drug-likeness (QED) is 0.282. The highest BCUT2D eigenvalue weighted by atomic mass is 35.5. The summed E-state index contributed by atoms with van der Waals surface area (Å²) in [6.45, 7) is 5.90. The maximum atomic E-state index is 14.1. The van der Waals surface area contributed by atoms with Gasteiger partial charge in [-0.05, 0) is 29.8 Å². The van der Waals surface area contributed by atoms with Crippen LogP contribution in [0.3, 0.4) is 0 Å². The standard InChI is InChI=1S/C32H28ClN7O6S/c33-21-5-6-22-27(46-17-45-22)26(21)40-25-20(15-34)29(39-9-13-44-14-10-39)37-31-23(25)24(36-32(40)42)28(47-31)30(41)35-19-3-1-18(2-4-19)16-38-7-11-43-12-8-38/h1-6H,7-14,16-17H2,(H,35,41)(H,36,42). The highest BCUT2D eigenvalue weighted by Crippen LogP contribution is 2.54. The van der Waals surface area contributed by atoms with Crippen LogP contribution in [0.4, 0.5) is 33.4 Å². The Kier molecular flexibility index (Phi) is 7.70. The lowest BCUT2D eigenvalue weighted by Gasteiger charge is -2.33. The number of nitrogens with zero attached hydrogens (tertiary/aromatic N) is 5. The Morgan fingerprint density at radius 1 is 1.02 bits per heavy atom. The van der Waals surface area contributed by atoms with Crippen molar-refractivity contribution in [2.45, 2.75) is 6.54 Å². The van der Waals surface area contributed by atoms with Gasteiger partial charge in [0.2, 0.25) is 6.79 Å². The second-order valence-corrected chi connectivity index (χ2v) is 12.7. The number of nitrogens with one attached hydrogen (secondary N) is 2. The van der Waals surface area contributed by atoms with E-state index in [0.717, 1.165) is 49.7 Å². The van der Waals surface area contributed by atoms with E-state index in [2.05, 4.69) is 21.6 Å². The largest absolute Gasteiger partial charge is 0.454 e. The van der Waals surface area contributed by atoms with Crippen molar-refractivity contribution in [1.82, 2.24) is 9.88 Å². The first-order valence-corrected chi connectivity index (χ1v) is 16.3. The van der Waals surface area contributed by atoms with E-state index in [4.69, 9.17) is 35.5 Å². The van der Waals surface area contributed by atoms with Gasteiger partial charge in [0.15, 0.2) is 17.3 Å². The number of carbonyl (C=O) groups is 2. The van der Waals surface area contributed by atoms with E-state index < -0.39 is 11.9 Å². The number of halogens is 1. The van der Waals surface area contributed by atoms with Gasteiger partial charge in [-0.25, -0.2) is 9.78 Å². The number of hydrogen-bond acceptors (Lipinski definition) is 11. The number of hydrogen-bond donors (Lipinski definition) is 2. The van der Waals surface area contributed by atoms with E-state index in [1.54, 1.807) is 12.1 Å². The fourth-order valence-electron chi connectivity index (χ4n) is 6.23. The van der Waals surface area contributed by atoms with E-state index >= 15 is 0 Å². The fourth-order valence-corrected chi connectivity index (χ4v) is 7.49. The first kappa shape index (κ1) is 29.7. The van der Waals surface area contributed by atoms with Gasteiger partial charge in [0.25, 0.3) is 5.91 Å². The zero-order valence-corrected chi connectivity index (χ0v) is 26.6. The van der Waals surface area contributed by atoms with Gasteiger partial charge in [0.1, 0.15) is 27.0 Å². The number of morpholine rings is 2. The SMILES string of the molecule is N#Cc1c(N2CCOCC2)nc2sc(C(=O)Nc3ccc(CN4CCOCC4)cc3)c3c2c1N(c1c(Cl)ccc2c1OCO2)C(=O)N3. The van der Waals surface area contributed by atoms with Crippen LogP contribution in [0.1, 0.15) is 20.8 Å². The number of aromatic nitrogens is 1. The van der Waals surface area contributed by atoms with Gasteiger partial charge in [0.05, 0.1) is 48.2 Å². The molecule has 2 fully saturated rings. The number of pyridine rings is 1. The van der Waals surface area contributed by atoms with E-state index in [9.17, 15) is 14.9 Å². The van der Waals surface area contributed by atoms with Crippen LogP contribution in [0.25, 0.3) is 10.2 Å². The molecule has 4 aromatic rings. The summed E-state index contributed by atoms with van der Waals surface area (Å²) in [4.78, 5) is 39.2. The number of fused-ring (bicyclic) bond motifs is 1. The second-order valence-electron chi connectivity index (χ2n) is 11.3. The number of thiophene rings is 1. The maximum Gasteiger partial charge on any atom is 0.331 e. The molecule has 2 saturated heterocycles. The van der Waals surface area contributed by atoms with Crippen molar-refractivity contribution in [1.29, 1.82) is 5.26 Å². The lowest BCUT2D eigenvalue weighted by atomic mass is 10.0. The molecule has 47 heavy (non-hydrogen) atoms. The third kappa shape index (κ3) is 5.26. The van der Waals surface area contributed by atoms with Gasteiger partial charge in [0, 0.05) is 38.4 Å². The summed E-state index contributed by atoms with van der Waals surface area (Å²) >= 11 is 7.86. The molecule has 240 valence electrons. The molecule has 6 heterocycles. The van der Waals surface area contributed by atoms with E-state index in [-0.39, 0.29) is 45.1 Å². The van der Waals surface area contributed by atoms with Crippen LogP contribution < -0.4 is 29.9 Å². The zero-order chi connectivity index (χ0) is 32.1. The third-order valence-electron chi connectivity index (χ3n) is 8.49. The van der Waals surface area contributed by atoms with Gasteiger partial charge in [-0.2, -0.15) is 5.26 Å². The Morgan fingerprint density at radius 2 is 1.77 bits per heavy atom. The van der Waals surface area contributed by atoms with Gasteiger partial charge >= 0.3 is 6.03 Å². The van der Waals surface area contributed by atoms with Gasteiger partial charge < -0.3 is 34.5 Å². The summed E-state index contributed by atoms with van der Waals surface area (Å²) in [5.41, 5.74) is 2.69. The summed E-state index contributed by atoms with van der Waals surface area (Å²) in [5.74, 6) is 0.685. The van der Waals surface area contributed by atoms with Crippen molar-refractivity contribution < 1.29 is 28.5 Å². The normalized spacial score (nSPS) is 17.5. The van der Waals surface area contributed by atoms with Crippen molar-refractivity contribution in [2.75, 3.05) is 79.8 Å². The number of urea groups is 1. The number of anilines is 5. The Morgan fingerprint density at radius 3 is 2.51 bits per heavy atom. The average molecular weight is 674 g/mol. The minimum atomic E-state index is -0.611. The maximum absolute atomic E-state index is 14.1. The molecule has 2 aromatic carbocycles. The lowest BCUT2D eigenvalue weighted by Crippen LogP contribution is -2.39. The molecular formula is C32H28ClN7O6S. The predicted molar refractivity (Wildman–Crippen MR) is 177 cm³/mol. The van der Waals surface area contributed by atoms with Crippen LogP contribution in [0.15, 0.2) is 36.4 Å². The Hall–Kier alpha value is -4.65. The first-order valence-electron chi connectivity index (χ1n) is 15.1. The van der Waals surface area contributed by atoms with Gasteiger partial charge in [-0.3, -0.25) is 14.6 Å². The molecule has 13 nitrogen and oxygen atoms in total. The first-order chi connectivity index (χ1) is 23.0. The third-order valence-corrected chi connectivity index (χ3v) is 9.88. The smallest absolute Gasteiger partial charge is 0.331 e. The molecule has 0 bridgehead atoms. The minimum absolute atomic E-state index is 0.0454. The van der Waals surface area contributed by atoms with Crippen LogP contribution in [-0.2, 0) is 16.0 Å². The highest BCUT2D eigenvalue weighted by Gasteiger charge is 2.40. The van der Waals surface area contributed by atoms with Crippen molar-refractivity contribution in [3.63, 3.8) is 0 Å². The molecule has 8 rings (SSSR count). The minimum Gasteiger partial charge on any atom is -0.454 e. The summed E-state index contributed by atoms with van der Waals surface area (Å²) in [7, 11) is 0. The molecule has 15 heteroatoms. The summed E-state index contributed by atoms with van der Waals surface area (Å²) < 4.78 is 22.3. The molecule has 0 unspecified atom stereocenters. The number of rotatable bonds is 6. The Balaban J connectivity index is 1.21. The molecule has 3 amide bonds. The zero-order valence-electron chi connectivity index (χ0n) is 25.0. The number of carbonyl (C=O) groups excluding carboxylic acids is 2. The fraction of sp³-hybridized carbons (Fsp3) is 0.312. The van der Waals surface area contributed by atoms with Crippen molar-refractivity contribution in [3.05, 3.63) is 57.4 Å². The molecule has 4 aliphatic rings.